The number of hydrogen-bond donors (Lipinski definition) is 1. The molecular formula is C30H54O4. The summed E-state index contributed by atoms with van der Waals surface area (Å²) in [5, 5.41) is 8.72. The molecule has 0 radical (unpaired) electrons. The van der Waals surface area contributed by atoms with E-state index in [0.29, 0.717) is 6.42 Å². The SMILES string of the molecule is CCCCC/C=C\C/C=C\CCCC(CCCCCCCC(=O)O)OC(=O)CCCCCCC. The zero-order valence-electron chi connectivity index (χ0n) is 22.4. The van der Waals surface area contributed by atoms with Crippen molar-refractivity contribution in [1.82, 2.24) is 0 Å². The van der Waals surface area contributed by atoms with Crippen LogP contribution in [0.2, 0.25) is 0 Å². The van der Waals surface area contributed by atoms with Crippen molar-refractivity contribution in [3.63, 3.8) is 0 Å². The second kappa shape index (κ2) is 26.0. The zero-order chi connectivity index (χ0) is 25.1. The molecule has 1 atom stereocenters. The van der Waals surface area contributed by atoms with Crippen molar-refractivity contribution in [3.05, 3.63) is 24.3 Å². The van der Waals surface area contributed by atoms with Crippen LogP contribution < -0.4 is 0 Å². The fraction of sp³-hybridized carbons (Fsp3) is 0.800. The summed E-state index contributed by atoms with van der Waals surface area (Å²) in [6.07, 6.45) is 30.5. The van der Waals surface area contributed by atoms with Gasteiger partial charge in [-0.2, -0.15) is 0 Å². The van der Waals surface area contributed by atoms with Crippen molar-refractivity contribution < 1.29 is 19.4 Å². The zero-order valence-corrected chi connectivity index (χ0v) is 22.4. The largest absolute Gasteiger partial charge is 0.481 e. The topological polar surface area (TPSA) is 63.6 Å². The van der Waals surface area contributed by atoms with Gasteiger partial charge in [0.1, 0.15) is 6.10 Å². The Labute approximate surface area is 210 Å². The van der Waals surface area contributed by atoms with E-state index >= 15 is 0 Å². The minimum atomic E-state index is -0.710. The number of carbonyl (C=O) groups is 2. The molecule has 34 heavy (non-hydrogen) atoms. The molecule has 0 fully saturated rings. The van der Waals surface area contributed by atoms with Crippen LogP contribution in [-0.4, -0.2) is 23.1 Å². The lowest BCUT2D eigenvalue weighted by Crippen LogP contribution is -2.18. The molecule has 0 spiro atoms. The van der Waals surface area contributed by atoms with Crippen LogP contribution in [0.4, 0.5) is 0 Å². The van der Waals surface area contributed by atoms with E-state index in [1.54, 1.807) is 0 Å². The summed E-state index contributed by atoms with van der Waals surface area (Å²) < 4.78 is 5.86. The van der Waals surface area contributed by atoms with Gasteiger partial charge in [-0.1, -0.05) is 95.9 Å². The molecule has 0 aliphatic heterocycles. The molecule has 0 bridgehead atoms. The van der Waals surface area contributed by atoms with Gasteiger partial charge < -0.3 is 9.84 Å². The first-order chi connectivity index (χ1) is 16.6. The van der Waals surface area contributed by atoms with Gasteiger partial charge in [0.2, 0.25) is 0 Å². The van der Waals surface area contributed by atoms with Crippen LogP contribution in [0.15, 0.2) is 24.3 Å². The highest BCUT2D eigenvalue weighted by Gasteiger charge is 2.14. The van der Waals surface area contributed by atoms with Gasteiger partial charge in [-0.05, 0) is 64.2 Å². The average Bonchev–Trinajstić information content (AvgIpc) is 2.81. The van der Waals surface area contributed by atoms with Crippen LogP contribution in [-0.2, 0) is 14.3 Å². The van der Waals surface area contributed by atoms with Crippen LogP contribution in [0.25, 0.3) is 0 Å². The Morgan fingerprint density at radius 3 is 1.85 bits per heavy atom. The molecule has 0 aromatic heterocycles. The number of allylic oxidation sites excluding steroid dienone is 4. The van der Waals surface area contributed by atoms with Gasteiger partial charge in [-0.25, -0.2) is 0 Å². The van der Waals surface area contributed by atoms with Crippen molar-refractivity contribution >= 4 is 11.9 Å². The van der Waals surface area contributed by atoms with E-state index < -0.39 is 5.97 Å². The van der Waals surface area contributed by atoms with E-state index in [0.717, 1.165) is 77.0 Å². The summed E-state index contributed by atoms with van der Waals surface area (Å²) in [6, 6.07) is 0. The van der Waals surface area contributed by atoms with E-state index in [1.165, 1.54) is 44.9 Å². The van der Waals surface area contributed by atoms with Crippen molar-refractivity contribution in [2.75, 3.05) is 0 Å². The number of ether oxygens (including phenoxy) is 1. The molecule has 0 amide bonds. The Balaban J connectivity index is 4.17. The van der Waals surface area contributed by atoms with Crippen LogP contribution in [0.1, 0.15) is 149 Å². The number of carboxylic acid groups (broad SMARTS) is 1. The highest BCUT2D eigenvalue weighted by molar-refractivity contribution is 5.69. The first-order valence-corrected chi connectivity index (χ1v) is 14.3. The summed E-state index contributed by atoms with van der Waals surface area (Å²) in [4.78, 5) is 22.9. The highest BCUT2D eigenvalue weighted by atomic mass is 16.5. The van der Waals surface area contributed by atoms with Gasteiger partial charge in [-0.15, -0.1) is 0 Å². The molecule has 0 aromatic rings. The number of hydrogen-bond acceptors (Lipinski definition) is 3. The second-order valence-electron chi connectivity index (χ2n) is 9.58. The lowest BCUT2D eigenvalue weighted by molar-refractivity contribution is -0.150. The lowest BCUT2D eigenvalue weighted by atomic mass is 10.0. The van der Waals surface area contributed by atoms with Gasteiger partial charge in [0.15, 0.2) is 0 Å². The maximum atomic E-state index is 12.3. The van der Waals surface area contributed by atoms with Gasteiger partial charge in [0, 0.05) is 12.8 Å². The van der Waals surface area contributed by atoms with Crippen molar-refractivity contribution in [1.29, 1.82) is 0 Å². The summed E-state index contributed by atoms with van der Waals surface area (Å²) >= 11 is 0. The molecule has 0 aliphatic rings. The molecule has 0 saturated heterocycles. The molecule has 0 heterocycles. The average molecular weight is 479 g/mol. The summed E-state index contributed by atoms with van der Waals surface area (Å²) in [5.41, 5.74) is 0. The van der Waals surface area contributed by atoms with Crippen LogP contribution >= 0.6 is 0 Å². The molecule has 0 aromatic carbocycles. The van der Waals surface area contributed by atoms with Crippen LogP contribution in [0.3, 0.4) is 0 Å². The third-order valence-electron chi connectivity index (χ3n) is 6.18. The van der Waals surface area contributed by atoms with Gasteiger partial charge in [-0.3, -0.25) is 9.59 Å². The lowest BCUT2D eigenvalue weighted by Gasteiger charge is -2.18. The highest BCUT2D eigenvalue weighted by Crippen LogP contribution is 2.17. The Morgan fingerprint density at radius 2 is 1.18 bits per heavy atom. The number of aliphatic carboxylic acids is 1. The number of carbonyl (C=O) groups excluding carboxylic acids is 1. The van der Waals surface area contributed by atoms with E-state index in [4.69, 9.17) is 9.84 Å². The van der Waals surface area contributed by atoms with Crippen molar-refractivity contribution in [2.24, 2.45) is 0 Å². The van der Waals surface area contributed by atoms with E-state index in [1.807, 2.05) is 0 Å². The molecule has 0 aliphatic carbocycles. The normalized spacial score (nSPS) is 12.5. The summed E-state index contributed by atoms with van der Waals surface area (Å²) in [6.45, 7) is 4.43. The van der Waals surface area contributed by atoms with Gasteiger partial charge >= 0.3 is 11.9 Å². The summed E-state index contributed by atoms with van der Waals surface area (Å²) in [7, 11) is 0. The summed E-state index contributed by atoms with van der Waals surface area (Å²) in [5.74, 6) is -0.745. The van der Waals surface area contributed by atoms with Crippen molar-refractivity contribution in [2.45, 2.75) is 155 Å². The minimum Gasteiger partial charge on any atom is -0.481 e. The Bertz CT molecular complexity index is 524. The van der Waals surface area contributed by atoms with Crippen molar-refractivity contribution in [3.8, 4) is 0 Å². The van der Waals surface area contributed by atoms with Gasteiger partial charge in [0.25, 0.3) is 0 Å². The second-order valence-corrected chi connectivity index (χ2v) is 9.58. The quantitative estimate of drug-likeness (QED) is 0.0806. The first kappa shape index (κ1) is 32.4. The molecule has 0 rings (SSSR count). The molecule has 1 N–H and O–H groups in total. The third-order valence-corrected chi connectivity index (χ3v) is 6.18. The fourth-order valence-electron chi connectivity index (χ4n) is 4.04. The molecule has 0 saturated carbocycles. The van der Waals surface area contributed by atoms with E-state index in [2.05, 4.69) is 38.2 Å². The minimum absolute atomic E-state index is 0.0222. The first-order valence-electron chi connectivity index (χ1n) is 14.3. The maximum Gasteiger partial charge on any atom is 0.306 e. The van der Waals surface area contributed by atoms with E-state index in [-0.39, 0.29) is 18.5 Å². The Hall–Kier alpha value is -1.58. The molecule has 198 valence electrons. The number of carboxylic acids is 1. The standard InChI is InChI=1S/C30H54O4/c1-3-5-7-9-10-11-12-13-14-17-20-24-28(25-21-18-15-19-22-26-29(31)32)34-30(33)27-23-16-8-6-4-2/h10-11,13-14,28H,3-9,12,15-27H2,1-2H3,(H,31,32)/b11-10-,14-13-. The monoisotopic (exact) mass is 478 g/mol. The predicted octanol–water partition coefficient (Wildman–Crippen LogP) is 9.33. The molecule has 4 heteroatoms. The third kappa shape index (κ3) is 25.1. The smallest absolute Gasteiger partial charge is 0.306 e. The van der Waals surface area contributed by atoms with Crippen LogP contribution in [0.5, 0.6) is 0 Å². The van der Waals surface area contributed by atoms with Gasteiger partial charge in [0.05, 0.1) is 0 Å². The van der Waals surface area contributed by atoms with E-state index in [9.17, 15) is 9.59 Å². The molecule has 4 nitrogen and oxygen atoms in total. The predicted molar refractivity (Wildman–Crippen MR) is 144 cm³/mol. The maximum absolute atomic E-state index is 12.3. The number of rotatable bonds is 25. The number of esters is 1. The molecule has 1 unspecified atom stereocenters. The Kier molecular flexibility index (Phi) is 24.8. The van der Waals surface area contributed by atoms with Crippen LogP contribution in [0, 0.1) is 0 Å². The Morgan fingerprint density at radius 1 is 0.647 bits per heavy atom. The number of unbranched alkanes of at least 4 members (excludes halogenated alkanes) is 12. The molecular weight excluding hydrogens is 424 g/mol. The fourth-order valence-corrected chi connectivity index (χ4v) is 4.04.